The summed E-state index contributed by atoms with van der Waals surface area (Å²) >= 11 is 0. The molecule has 2 N–H and O–H groups in total. The van der Waals surface area contributed by atoms with Crippen molar-refractivity contribution in [2.24, 2.45) is 5.92 Å². The van der Waals surface area contributed by atoms with Gasteiger partial charge in [-0.05, 0) is 24.1 Å². The van der Waals surface area contributed by atoms with Gasteiger partial charge >= 0.3 is 12.1 Å². The highest BCUT2D eigenvalue weighted by molar-refractivity contribution is 5.94. The van der Waals surface area contributed by atoms with E-state index in [-0.39, 0.29) is 17.3 Å². The number of carboxylic acid groups (broad SMARTS) is 1. The van der Waals surface area contributed by atoms with E-state index in [0.717, 1.165) is 23.0 Å². The monoisotopic (exact) mass is 370 g/mol. The molecule has 10 heteroatoms. The molecule has 0 saturated carbocycles. The molecule has 140 valence electrons. The smallest absolute Gasteiger partial charge is 0.416 e. The van der Waals surface area contributed by atoms with E-state index in [9.17, 15) is 27.9 Å². The number of aromatic nitrogens is 3. The van der Waals surface area contributed by atoms with Crippen LogP contribution in [0.2, 0.25) is 0 Å². The Hall–Kier alpha value is -2.91. The SMILES string of the molecule is CC[C@H](C)[C@H](NC(=O)c1cn(-c2cccc(C(F)(F)F)c2)nn1)C(=O)O. The lowest BCUT2D eigenvalue weighted by Crippen LogP contribution is -2.45. The molecule has 26 heavy (non-hydrogen) atoms. The maximum Gasteiger partial charge on any atom is 0.416 e. The van der Waals surface area contributed by atoms with Crippen LogP contribution in [0.5, 0.6) is 0 Å². The standard InChI is InChI=1S/C16H17F3N4O3/c1-3-9(2)13(15(25)26)20-14(24)12-8-23(22-21-12)11-6-4-5-10(7-11)16(17,18)19/h4-9,13H,3H2,1-2H3,(H,20,24)(H,25,26)/t9-,13-/m0/s1. The van der Waals surface area contributed by atoms with Crippen molar-refractivity contribution in [2.45, 2.75) is 32.5 Å². The fourth-order valence-electron chi connectivity index (χ4n) is 2.22. The maximum atomic E-state index is 12.8. The summed E-state index contributed by atoms with van der Waals surface area (Å²) in [6, 6.07) is 3.27. The third-order valence-corrected chi connectivity index (χ3v) is 3.93. The van der Waals surface area contributed by atoms with Gasteiger partial charge in [0, 0.05) is 0 Å². The van der Waals surface area contributed by atoms with Crippen molar-refractivity contribution in [3.05, 3.63) is 41.7 Å². The van der Waals surface area contributed by atoms with Gasteiger partial charge in [-0.1, -0.05) is 31.5 Å². The number of hydrogen-bond donors (Lipinski definition) is 2. The first kappa shape index (κ1) is 19.4. The van der Waals surface area contributed by atoms with Crippen LogP contribution in [0.3, 0.4) is 0 Å². The van der Waals surface area contributed by atoms with Gasteiger partial charge in [0.2, 0.25) is 0 Å². The molecule has 2 atom stereocenters. The van der Waals surface area contributed by atoms with Crippen LogP contribution in [0.15, 0.2) is 30.5 Å². The molecule has 0 fully saturated rings. The average Bonchev–Trinajstić information content (AvgIpc) is 3.08. The second-order valence-electron chi connectivity index (χ2n) is 5.77. The highest BCUT2D eigenvalue weighted by Gasteiger charge is 2.31. The lowest BCUT2D eigenvalue weighted by molar-refractivity contribution is -0.140. The van der Waals surface area contributed by atoms with E-state index in [2.05, 4.69) is 15.6 Å². The van der Waals surface area contributed by atoms with Crippen molar-refractivity contribution >= 4 is 11.9 Å². The first-order valence-corrected chi connectivity index (χ1v) is 7.77. The average molecular weight is 370 g/mol. The van der Waals surface area contributed by atoms with Crippen LogP contribution >= 0.6 is 0 Å². The molecule has 2 aromatic rings. The molecule has 0 unspecified atom stereocenters. The van der Waals surface area contributed by atoms with Crippen molar-refractivity contribution in [1.29, 1.82) is 0 Å². The molecule has 0 aliphatic carbocycles. The number of nitrogens with zero attached hydrogens (tertiary/aromatic N) is 3. The van der Waals surface area contributed by atoms with E-state index >= 15 is 0 Å². The van der Waals surface area contributed by atoms with Crippen molar-refractivity contribution in [3.8, 4) is 5.69 Å². The van der Waals surface area contributed by atoms with E-state index in [4.69, 9.17) is 0 Å². The minimum absolute atomic E-state index is 0.0723. The molecule has 0 spiro atoms. The van der Waals surface area contributed by atoms with Crippen LogP contribution in [-0.4, -0.2) is 38.0 Å². The molecule has 0 radical (unpaired) electrons. The van der Waals surface area contributed by atoms with Gasteiger partial charge in [0.1, 0.15) is 6.04 Å². The van der Waals surface area contributed by atoms with Gasteiger partial charge < -0.3 is 10.4 Å². The molecule has 1 heterocycles. The zero-order valence-electron chi connectivity index (χ0n) is 14.0. The minimum Gasteiger partial charge on any atom is -0.480 e. The Balaban J connectivity index is 2.22. The Morgan fingerprint density at radius 1 is 1.35 bits per heavy atom. The Labute approximate surface area is 146 Å². The maximum absolute atomic E-state index is 12.8. The van der Waals surface area contributed by atoms with Gasteiger partial charge in [-0.25, -0.2) is 9.48 Å². The molecule has 1 aromatic heterocycles. The molecule has 0 aliphatic rings. The number of amides is 1. The lowest BCUT2D eigenvalue weighted by Gasteiger charge is -2.19. The summed E-state index contributed by atoms with van der Waals surface area (Å²) in [6.07, 6.45) is -2.84. The first-order chi connectivity index (χ1) is 12.1. The predicted octanol–water partition coefficient (Wildman–Crippen LogP) is 2.52. The zero-order valence-corrected chi connectivity index (χ0v) is 14.0. The summed E-state index contributed by atoms with van der Waals surface area (Å²) in [5, 5.41) is 18.8. The highest BCUT2D eigenvalue weighted by Crippen LogP contribution is 2.30. The number of carbonyl (C=O) groups is 2. The number of hydrogen-bond acceptors (Lipinski definition) is 4. The second-order valence-corrected chi connectivity index (χ2v) is 5.77. The number of rotatable bonds is 6. The topological polar surface area (TPSA) is 97.1 Å². The molecule has 0 aliphatic heterocycles. The van der Waals surface area contributed by atoms with Gasteiger partial charge in [-0.2, -0.15) is 13.2 Å². The van der Waals surface area contributed by atoms with Crippen molar-refractivity contribution < 1.29 is 27.9 Å². The highest BCUT2D eigenvalue weighted by atomic mass is 19.4. The summed E-state index contributed by atoms with van der Waals surface area (Å²) in [5.41, 5.74) is -0.987. The third kappa shape index (κ3) is 4.38. The van der Waals surface area contributed by atoms with Crippen molar-refractivity contribution in [3.63, 3.8) is 0 Å². The fraction of sp³-hybridized carbons (Fsp3) is 0.375. The summed E-state index contributed by atoms with van der Waals surface area (Å²) in [6.45, 7) is 3.47. The molecular weight excluding hydrogens is 353 g/mol. The largest absolute Gasteiger partial charge is 0.480 e. The Morgan fingerprint density at radius 2 is 2.04 bits per heavy atom. The van der Waals surface area contributed by atoms with Crippen LogP contribution < -0.4 is 5.32 Å². The van der Waals surface area contributed by atoms with E-state index in [1.165, 1.54) is 12.1 Å². The van der Waals surface area contributed by atoms with Crippen molar-refractivity contribution in [2.75, 3.05) is 0 Å². The van der Waals surface area contributed by atoms with E-state index < -0.39 is 29.7 Å². The Morgan fingerprint density at radius 3 is 2.62 bits per heavy atom. The van der Waals surface area contributed by atoms with Crippen LogP contribution in [0, 0.1) is 5.92 Å². The fourth-order valence-corrected chi connectivity index (χ4v) is 2.22. The molecule has 1 amide bonds. The quantitative estimate of drug-likeness (QED) is 0.814. The van der Waals surface area contributed by atoms with Crippen LogP contribution in [0.4, 0.5) is 13.2 Å². The number of carboxylic acids is 1. The van der Waals surface area contributed by atoms with E-state index in [1.54, 1.807) is 13.8 Å². The molecule has 7 nitrogen and oxygen atoms in total. The van der Waals surface area contributed by atoms with Gasteiger partial charge in [-0.15, -0.1) is 5.10 Å². The molecule has 0 saturated heterocycles. The van der Waals surface area contributed by atoms with Crippen LogP contribution in [0.1, 0.15) is 36.3 Å². The molecular formula is C16H17F3N4O3. The number of alkyl halides is 3. The van der Waals surface area contributed by atoms with Gasteiger partial charge in [0.25, 0.3) is 5.91 Å². The van der Waals surface area contributed by atoms with Crippen molar-refractivity contribution in [1.82, 2.24) is 20.3 Å². The number of benzene rings is 1. The number of nitrogens with one attached hydrogen (secondary N) is 1. The Bertz CT molecular complexity index is 804. The normalized spacial score (nSPS) is 13.9. The number of halogens is 3. The predicted molar refractivity (Wildman–Crippen MR) is 84.7 cm³/mol. The molecule has 0 bridgehead atoms. The summed E-state index contributed by atoms with van der Waals surface area (Å²) in [7, 11) is 0. The van der Waals surface area contributed by atoms with Gasteiger partial charge in [-0.3, -0.25) is 4.79 Å². The van der Waals surface area contributed by atoms with Gasteiger partial charge in [0.15, 0.2) is 5.69 Å². The molecule has 2 rings (SSSR count). The minimum atomic E-state index is -4.51. The zero-order chi connectivity index (χ0) is 19.5. The number of aliphatic carboxylic acids is 1. The van der Waals surface area contributed by atoms with E-state index in [1.807, 2.05) is 0 Å². The third-order valence-electron chi connectivity index (χ3n) is 3.93. The van der Waals surface area contributed by atoms with Gasteiger partial charge in [0.05, 0.1) is 17.4 Å². The number of carbonyl (C=O) groups excluding carboxylic acids is 1. The lowest BCUT2D eigenvalue weighted by atomic mass is 9.99. The second kappa shape index (κ2) is 7.54. The van der Waals surface area contributed by atoms with Crippen LogP contribution in [0.25, 0.3) is 5.69 Å². The first-order valence-electron chi connectivity index (χ1n) is 7.77. The summed E-state index contributed by atoms with van der Waals surface area (Å²) < 4.78 is 39.4. The molecule has 1 aromatic carbocycles. The Kier molecular flexibility index (Phi) is 5.63. The summed E-state index contributed by atoms with van der Waals surface area (Å²) in [4.78, 5) is 23.4. The van der Waals surface area contributed by atoms with E-state index in [0.29, 0.717) is 6.42 Å². The van der Waals surface area contributed by atoms with Crippen LogP contribution in [-0.2, 0) is 11.0 Å². The summed E-state index contributed by atoms with van der Waals surface area (Å²) in [5.74, 6) is -2.26.